The van der Waals surface area contributed by atoms with Crippen LogP contribution < -0.4 is 16.6 Å². The van der Waals surface area contributed by atoms with E-state index in [4.69, 9.17) is 5.73 Å². The molecule has 0 aliphatic carbocycles. The molecule has 2 aromatic carbocycles. The lowest BCUT2D eigenvalue weighted by atomic mass is 10.0. The Labute approximate surface area is 210 Å². The molecule has 3 aromatic rings. The first-order valence-corrected chi connectivity index (χ1v) is 10.5. The fraction of sp³-hybridized carbons (Fsp3) is 0.182. The predicted molar refractivity (Wildman–Crippen MR) is 125 cm³/mol. The highest BCUT2D eigenvalue weighted by Gasteiger charge is 2.44. The molecule has 0 saturated carbocycles. The average molecular weight is 534 g/mol. The first-order valence-electron chi connectivity index (χ1n) is 10.5. The van der Waals surface area contributed by atoms with Crippen LogP contribution in [0.2, 0.25) is 0 Å². The zero-order valence-electron chi connectivity index (χ0n) is 19.0. The molecule has 0 aliphatic rings. The van der Waals surface area contributed by atoms with Gasteiger partial charge in [-0.05, 0) is 5.56 Å². The summed E-state index contributed by atoms with van der Waals surface area (Å²) in [4.78, 5) is 62.0. The van der Waals surface area contributed by atoms with Gasteiger partial charge in [-0.15, -0.1) is 0 Å². The number of nitro benzene ring substituents is 2. The van der Waals surface area contributed by atoms with Gasteiger partial charge >= 0.3 is 6.18 Å². The van der Waals surface area contributed by atoms with Gasteiger partial charge in [-0.25, -0.2) is 4.98 Å². The molecule has 1 aromatic heterocycles. The first kappa shape index (κ1) is 27.4. The number of rotatable bonds is 9. The summed E-state index contributed by atoms with van der Waals surface area (Å²) in [7, 11) is 0. The molecule has 13 nitrogen and oxygen atoms in total. The van der Waals surface area contributed by atoms with Crippen LogP contribution in [0.15, 0.2) is 59.5 Å². The zero-order chi connectivity index (χ0) is 28.2. The van der Waals surface area contributed by atoms with Gasteiger partial charge in [0.15, 0.2) is 0 Å². The Balaban J connectivity index is 2.01. The molecule has 0 bridgehead atoms. The summed E-state index contributed by atoms with van der Waals surface area (Å²) < 4.78 is 40.2. The Morgan fingerprint density at radius 1 is 1.05 bits per heavy atom. The minimum Gasteiger partial charge on any atom is -0.393 e. The van der Waals surface area contributed by atoms with Gasteiger partial charge in [0.05, 0.1) is 22.1 Å². The normalized spacial score (nSPS) is 12.0. The number of nitrogens with zero attached hydrogens (tertiary/aromatic N) is 4. The number of hydrogen-bond donors (Lipinski definition) is 2. The van der Waals surface area contributed by atoms with Gasteiger partial charge in [0, 0.05) is 24.1 Å². The smallest absolute Gasteiger partial charge is 0.393 e. The van der Waals surface area contributed by atoms with Crippen LogP contribution in [0.1, 0.15) is 5.56 Å². The summed E-state index contributed by atoms with van der Waals surface area (Å²) in [6.07, 6.45) is -4.95. The molecule has 1 amide bonds. The summed E-state index contributed by atoms with van der Waals surface area (Å²) >= 11 is 0. The second kappa shape index (κ2) is 10.9. The largest absolute Gasteiger partial charge is 0.452 e. The molecule has 0 saturated heterocycles. The SMILES string of the molecule is Nc1cnc(-c2cc([N+](=O)[O-])cc([N+](=O)[O-])c2)n(CC(=O)NC(Cc2ccccc2)C(=O)C(F)(F)F)c1=O. The van der Waals surface area contributed by atoms with Crippen LogP contribution in [0, 0.1) is 20.2 Å². The van der Waals surface area contributed by atoms with Crippen molar-refractivity contribution in [3.8, 4) is 11.4 Å². The molecule has 3 N–H and O–H groups in total. The van der Waals surface area contributed by atoms with Gasteiger partial charge in [-0.2, -0.15) is 13.2 Å². The Bertz CT molecular complexity index is 1440. The molecule has 3 rings (SSSR count). The van der Waals surface area contributed by atoms with Crippen molar-refractivity contribution in [2.24, 2.45) is 0 Å². The summed E-state index contributed by atoms with van der Waals surface area (Å²) in [6, 6.07) is 7.86. The first-order chi connectivity index (χ1) is 17.8. The molecular weight excluding hydrogens is 517 g/mol. The number of benzene rings is 2. The minimum absolute atomic E-state index is 0.308. The number of carbonyl (C=O) groups is 2. The highest BCUT2D eigenvalue weighted by atomic mass is 19.4. The minimum atomic E-state index is -5.28. The van der Waals surface area contributed by atoms with Crippen molar-refractivity contribution in [1.82, 2.24) is 14.9 Å². The second-order valence-corrected chi connectivity index (χ2v) is 7.85. The van der Waals surface area contributed by atoms with Crippen LogP contribution in [0.5, 0.6) is 0 Å². The number of amides is 1. The summed E-state index contributed by atoms with van der Waals surface area (Å²) in [5, 5.41) is 24.4. The monoisotopic (exact) mass is 534 g/mol. The Kier molecular flexibility index (Phi) is 7.84. The Hall–Kier alpha value is -5.15. The van der Waals surface area contributed by atoms with Crippen molar-refractivity contribution in [2.45, 2.75) is 25.2 Å². The number of nitrogen functional groups attached to an aromatic ring is 1. The van der Waals surface area contributed by atoms with E-state index in [1.54, 1.807) is 6.07 Å². The summed E-state index contributed by atoms with van der Waals surface area (Å²) in [6.45, 7) is -1.01. The molecule has 0 spiro atoms. The molecule has 1 unspecified atom stereocenters. The molecule has 1 atom stereocenters. The van der Waals surface area contributed by atoms with Crippen LogP contribution in [0.25, 0.3) is 11.4 Å². The van der Waals surface area contributed by atoms with Crippen LogP contribution in [-0.2, 0) is 22.6 Å². The molecule has 38 heavy (non-hydrogen) atoms. The molecule has 198 valence electrons. The van der Waals surface area contributed by atoms with Gasteiger partial charge in [0.2, 0.25) is 5.91 Å². The third-order valence-electron chi connectivity index (χ3n) is 5.17. The maximum atomic E-state index is 13.2. The number of non-ortho nitro benzene ring substituents is 2. The van der Waals surface area contributed by atoms with E-state index in [-0.39, 0.29) is 5.56 Å². The molecule has 0 aliphatic heterocycles. The summed E-state index contributed by atoms with van der Waals surface area (Å²) in [5.41, 5.74) is 2.55. The number of nitrogens with two attached hydrogens (primary N) is 1. The van der Waals surface area contributed by atoms with Crippen LogP contribution >= 0.6 is 0 Å². The van der Waals surface area contributed by atoms with E-state index >= 15 is 0 Å². The Morgan fingerprint density at radius 3 is 2.16 bits per heavy atom. The highest BCUT2D eigenvalue weighted by molar-refractivity contribution is 5.93. The topological polar surface area (TPSA) is 193 Å². The van der Waals surface area contributed by atoms with Crippen LogP contribution in [-0.4, -0.2) is 43.3 Å². The number of alkyl halides is 3. The quantitative estimate of drug-likeness (QED) is 0.306. The van der Waals surface area contributed by atoms with Gasteiger partial charge < -0.3 is 11.1 Å². The molecular formula is C22H17F3N6O7. The zero-order valence-corrected chi connectivity index (χ0v) is 19.0. The molecule has 0 radical (unpaired) electrons. The van der Waals surface area contributed by atoms with E-state index in [0.717, 1.165) is 18.3 Å². The van der Waals surface area contributed by atoms with E-state index in [0.29, 0.717) is 16.2 Å². The second-order valence-electron chi connectivity index (χ2n) is 7.85. The highest BCUT2D eigenvalue weighted by Crippen LogP contribution is 2.28. The van der Waals surface area contributed by atoms with Crippen molar-refractivity contribution in [3.05, 3.63) is 90.9 Å². The maximum absolute atomic E-state index is 13.2. The lowest BCUT2D eigenvalue weighted by molar-refractivity contribution is -0.394. The van der Waals surface area contributed by atoms with Crippen LogP contribution in [0.4, 0.5) is 30.2 Å². The van der Waals surface area contributed by atoms with Crippen molar-refractivity contribution in [1.29, 1.82) is 0 Å². The number of hydrogen-bond acceptors (Lipinski definition) is 9. The van der Waals surface area contributed by atoms with Crippen molar-refractivity contribution >= 4 is 28.8 Å². The Morgan fingerprint density at radius 2 is 1.63 bits per heavy atom. The number of nitro groups is 2. The van der Waals surface area contributed by atoms with Crippen LogP contribution in [0.3, 0.4) is 0 Å². The maximum Gasteiger partial charge on any atom is 0.452 e. The van der Waals surface area contributed by atoms with Crippen molar-refractivity contribution in [2.75, 3.05) is 5.73 Å². The number of carbonyl (C=O) groups excluding carboxylic acids is 2. The van der Waals surface area contributed by atoms with E-state index in [1.807, 2.05) is 5.32 Å². The molecule has 0 fully saturated rings. The van der Waals surface area contributed by atoms with Gasteiger partial charge in [0.1, 0.15) is 24.1 Å². The van der Waals surface area contributed by atoms with Crippen molar-refractivity contribution < 1.29 is 32.6 Å². The predicted octanol–water partition coefficient (Wildman–Crippen LogP) is 2.17. The third kappa shape index (κ3) is 6.34. The average Bonchev–Trinajstić information content (AvgIpc) is 2.85. The van der Waals surface area contributed by atoms with E-state index in [9.17, 15) is 47.8 Å². The van der Waals surface area contributed by atoms with Gasteiger partial charge in [-0.3, -0.25) is 39.2 Å². The standard InChI is InChI=1S/C22H17F3N6O7/c23-22(24,25)19(33)17(6-12-4-2-1-3-5-12)28-18(32)11-29-20(27-10-16(26)21(29)34)13-7-14(30(35)36)9-15(8-13)31(37)38/h1-5,7-10,17H,6,11,26H2,(H,28,32). The fourth-order valence-corrected chi connectivity index (χ4v) is 3.46. The van der Waals surface area contributed by atoms with Gasteiger partial charge in [-0.1, -0.05) is 30.3 Å². The molecule has 16 heteroatoms. The number of nitrogens with one attached hydrogen (secondary N) is 1. The third-order valence-corrected chi connectivity index (χ3v) is 5.17. The van der Waals surface area contributed by atoms with E-state index < -0.39 is 75.2 Å². The number of ketones is 1. The molecule has 1 heterocycles. The number of aromatic nitrogens is 2. The van der Waals surface area contributed by atoms with Gasteiger partial charge in [0.25, 0.3) is 22.7 Å². The fourth-order valence-electron chi connectivity index (χ4n) is 3.46. The van der Waals surface area contributed by atoms with E-state index in [2.05, 4.69) is 4.98 Å². The summed E-state index contributed by atoms with van der Waals surface area (Å²) in [5.74, 6) is -3.92. The lowest BCUT2D eigenvalue weighted by Crippen LogP contribution is -2.49. The number of anilines is 1. The number of halogens is 3. The lowest BCUT2D eigenvalue weighted by Gasteiger charge is -2.20. The number of Topliss-reactive ketones (excluding diaryl/α,β-unsaturated/α-hetero) is 1. The van der Waals surface area contributed by atoms with E-state index in [1.165, 1.54) is 24.3 Å². The van der Waals surface area contributed by atoms with Crippen molar-refractivity contribution in [3.63, 3.8) is 0 Å².